The number of hydrogen-bond acceptors (Lipinski definition) is 4. The van der Waals surface area contributed by atoms with Crippen molar-refractivity contribution in [1.29, 1.82) is 0 Å². The molecule has 0 saturated carbocycles. The molecule has 0 aromatic heterocycles. The number of methoxy groups -OCH3 is 1. The summed E-state index contributed by atoms with van der Waals surface area (Å²) in [5.41, 5.74) is 1.63. The first-order valence-corrected chi connectivity index (χ1v) is 9.32. The van der Waals surface area contributed by atoms with Crippen LogP contribution in [0.1, 0.15) is 18.4 Å². The van der Waals surface area contributed by atoms with Gasteiger partial charge in [0.25, 0.3) is 0 Å². The molecule has 5 nitrogen and oxygen atoms in total. The molecular formula is C18H20N2O3S. The molecule has 2 aromatic carbocycles. The van der Waals surface area contributed by atoms with Crippen LogP contribution in [0.3, 0.4) is 0 Å². The summed E-state index contributed by atoms with van der Waals surface area (Å²) < 4.78 is 31.7. The molecule has 3 rings (SSSR count). The Morgan fingerprint density at radius 2 is 1.79 bits per heavy atom. The van der Waals surface area contributed by atoms with Crippen molar-refractivity contribution in [1.82, 2.24) is 4.31 Å². The fourth-order valence-electron chi connectivity index (χ4n) is 2.65. The fraction of sp³-hybridized carbons (Fsp3) is 0.278. The second-order valence-electron chi connectivity index (χ2n) is 5.64. The Labute approximate surface area is 142 Å². The molecule has 0 spiro atoms. The molecule has 0 N–H and O–H groups in total. The lowest BCUT2D eigenvalue weighted by Gasteiger charge is -2.15. The largest absolute Gasteiger partial charge is 0.497 e. The Balaban J connectivity index is 1.75. The van der Waals surface area contributed by atoms with E-state index >= 15 is 0 Å². The molecule has 6 heteroatoms. The normalized spacial score (nSPS) is 15.9. The highest BCUT2D eigenvalue weighted by Gasteiger charge is 2.26. The van der Waals surface area contributed by atoms with Crippen LogP contribution in [0, 0.1) is 0 Å². The monoisotopic (exact) mass is 344 g/mol. The topological polar surface area (TPSA) is 59.0 Å². The van der Waals surface area contributed by atoms with Gasteiger partial charge in [-0.05, 0) is 54.8 Å². The summed E-state index contributed by atoms with van der Waals surface area (Å²) in [6.07, 6.45) is 3.59. The van der Waals surface area contributed by atoms with Gasteiger partial charge < -0.3 is 4.74 Å². The summed E-state index contributed by atoms with van der Waals surface area (Å²) in [5.74, 6) is 0.769. The van der Waals surface area contributed by atoms with Crippen molar-refractivity contribution < 1.29 is 13.2 Å². The first-order chi connectivity index (χ1) is 11.6. The maximum absolute atomic E-state index is 12.5. The third kappa shape index (κ3) is 3.66. The van der Waals surface area contributed by atoms with Gasteiger partial charge in [-0.3, -0.25) is 4.99 Å². The molecule has 0 amide bonds. The number of nitrogens with zero attached hydrogens (tertiary/aromatic N) is 2. The molecule has 1 aliphatic rings. The van der Waals surface area contributed by atoms with Gasteiger partial charge in [-0.15, -0.1) is 0 Å². The van der Waals surface area contributed by atoms with Crippen LogP contribution in [-0.4, -0.2) is 39.1 Å². The maximum Gasteiger partial charge on any atom is 0.243 e. The number of ether oxygens (including phenoxy) is 1. The van der Waals surface area contributed by atoms with Crippen LogP contribution in [-0.2, 0) is 10.0 Å². The predicted octanol–water partition coefficient (Wildman–Crippen LogP) is 3.23. The number of benzene rings is 2. The average molecular weight is 344 g/mol. The molecule has 1 aliphatic heterocycles. The van der Waals surface area contributed by atoms with Crippen LogP contribution < -0.4 is 4.74 Å². The summed E-state index contributed by atoms with van der Waals surface area (Å²) in [6.45, 7) is 1.22. The smallest absolute Gasteiger partial charge is 0.243 e. The molecule has 0 bridgehead atoms. The van der Waals surface area contributed by atoms with Crippen molar-refractivity contribution in [2.45, 2.75) is 17.7 Å². The lowest BCUT2D eigenvalue weighted by Crippen LogP contribution is -2.27. The van der Waals surface area contributed by atoms with Gasteiger partial charge in [0.2, 0.25) is 10.0 Å². The molecule has 0 atom stereocenters. The van der Waals surface area contributed by atoms with Crippen molar-refractivity contribution in [3.8, 4) is 5.75 Å². The zero-order chi connectivity index (χ0) is 17.0. The lowest BCUT2D eigenvalue weighted by atomic mass is 10.2. The molecule has 1 saturated heterocycles. The molecule has 1 heterocycles. The number of sulfonamides is 1. The lowest BCUT2D eigenvalue weighted by molar-refractivity contribution is 0.415. The highest BCUT2D eigenvalue weighted by Crippen LogP contribution is 2.23. The van der Waals surface area contributed by atoms with E-state index in [-0.39, 0.29) is 0 Å². The van der Waals surface area contributed by atoms with Crippen molar-refractivity contribution in [2.24, 2.45) is 4.99 Å². The number of hydrogen-bond donors (Lipinski definition) is 0. The van der Waals surface area contributed by atoms with Crippen molar-refractivity contribution in [3.63, 3.8) is 0 Å². The van der Waals surface area contributed by atoms with E-state index in [9.17, 15) is 8.42 Å². The first-order valence-electron chi connectivity index (χ1n) is 7.88. The summed E-state index contributed by atoms with van der Waals surface area (Å²) in [7, 11) is -1.75. The van der Waals surface area contributed by atoms with E-state index in [0.29, 0.717) is 23.7 Å². The van der Waals surface area contributed by atoms with Gasteiger partial charge in [0.1, 0.15) is 5.75 Å². The molecule has 24 heavy (non-hydrogen) atoms. The Kier molecular flexibility index (Phi) is 4.97. The van der Waals surface area contributed by atoms with Crippen LogP contribution in [0.4, 0.5) is 5.69 Å². The minimum absolute atomic E-state index is 0.324. The van der Waals surface area contributed by atoms with Crippen LogP contribution in [0.5, 0.6) is 5.75 Å². The van der Waals surface area contributed by atoms with Crippen LogP contribution >= 0.6 is 0 Å². The van der Waals surface area contributed by atoms with E-state index in [0.717, 1.165) is 24.2 Å². The molecule has 126 valence electrons. The minimum atomic E-state index is -3.37. The fourth-order valence-corrected chi connectivity index (χ4v) is 4.17. The maximum atomic E-state index is 12.5. The minimum Gasteiger partial charge on any atom is -0.497 e. The van der Waals surface area contributed by atoms with E-state index < -0.39 is 10.0 Å². The van der Waals surface area contributed by atoms with E-state index in [1.54, 1.807) is 41.9 Å². The second-order valence-corrected chi connectivity index (χ2v) is 7.58. The summed E-state index contributed by atoms with van der Waals surface area (Å²) in [6, 6.07) is 14.3. The Hall–Kier alpha value is -2.18. The first kappa shape index (κ1) is 16.7. The van der Waals surface area contributed by atoms with Gasteiger partial charge in [0.15, 0.2) is 0 Å². The molecule has 0 aliphatic carbocycles. The van der Waals surface area contributed by atoms with Gasteiger partial charge in [-0.1, -0.05) is 12.1 Å². The summed E-state index contributed by atoms with van der Waals surface area (Å²) in [4.78, 5) is 4.71. The Morgan fingerprint density at radius 3 is 2.46 bits per heavy atom. The van der Waals surface area contributed by atoms with E-state index in [1.165, 1.54) is 0 Å². The highest BCUT2D eigenvalue weighted by atomic mass is 32.2. The molecular weight excluding hydrogens is 324 g/mol. The summed E-state index contributed by atoms with van der Waals surface area (Å²) >= 11 is 0. The molecule has 0 radical (unpaired) electrons. The Morgan fingerprint density at radius 1 is 1.08 bits per heavy atom. The van der Waals surface area contributed by atoms with Crippen molar-refractivity contribution in [3.05, 3.63) is 54.1 Å². The molecule has 1 fully saturated rings. The van der Waals surface area contributed by atoms with Crippen molar-refractivity contribution in [2.75, 3.05) is 20.2 Å². The average Bonchev–Trinajstić information content (AvgIpc) is 3.16. The van der Waals surface area contributed by atoms with E-state index in [1.807, 2.05) is 24.3 Å². The van der Waals surface area contributed by atoms with Gasteiger partial charge in [0, 0.05) is 19.3 Å². The number of aliphatic imine (C=N–C) groups is 1. The van der Waals surface area contributed by atoms with E-state index in [4.69, 9.17) is 4.74 Å². The van der Waals surface area contributed by atoms with Crippen molar-refractivity contribution >= 4 is 21.9 Å². The van der Waals surface area contributed by atoms with Crippen LogP contribution in [0.15, 0.2) is 58.4 Å². The Bertz CT molecular complexity index is 824. The molecule has 0 unspecified atom stereocenters. The SMILES string of the molecule is COc1cccc(C=Nc2ccc(S(=O)(=O)N3CCCC3)cc2)c1. The van der Waals surface area contributed by atoms with E-state index in [2.05, 4.69) is 4.99 Å². The zero-order valence-corrected chi connectivity index (χ0v) is 14.4. The number of rotatable bonds is 5. The molecule has 2 aromatic rings. The van der Waals surface area contributed by atoms with Gasteiger partial charge in [-0.25, -0.2) is 8.42 Å². The third-order valence-corrected chi connectivity index (χ3v) is 5.91. The second kappa shape index (κ2) is 7.15. The van der Waals surface area contributed by atoms with Gasteiger partial charge >= 0.3 is 0 Å². The standard InChI is InChI=1S/C18H20N2O3S/c1-23-17-6-4-5-15(13-17)14-19-16-7-9-18(10-8-16)24(21,22)20-11-2-3-12-20/h4-10,13-14H,2-3,11-12H2,1H3. The highest BCUT2D eigenvalue weighted by molar-refractivity contribution is 7.89. The van der Waals surface area contributed by atoms with Crippen LogP contribution in [0.25, 0.3) is 0 Å². The quantitative estimate of drug-likeness (QED) is 0.783. The predicted molar refractivity (Wildman–Crippen MR) is 94.7 cm³/mol. The van der Waals surface area contributed by atoms with Crippen LogP contribution in [0.2, 0.25) is 0 Å². The summed E-state index contributed by atoms with van der Waals surface area (Å²) in [5, 5.41) is 0. The third-order valence-electron chi connectivity index (χ3n) is 4.00. The van der Waals surface area contributed by atoms with Gasteiger partial charge in [-0.2, -0.15) is 4.31 Å². The van der Waals surface area contributed by atoms with Gasteiger partial charge in [0.05, 0.1) is 17.7 Å². The zero-order valence-electron chi connectivity index (χ0n) is 13.6.